The molecule has 1 aromatic carbocycles. The average molecular weight is 289 g/mol. The van der Waals surface area contributed by atoms with Gasteiger partial charge in [-0.05, 0) is 36.3 Å². The normalized spacial score (nSPS) is 10.8. The first-order valence-electron chi connectivity index (χ1n) is 6.20. The van der Waals surface area contributed by atoms with E-state index >= 15 is 0 Å². The molecule has 0 bridgehead atoms. The van der Waals surface area contributed by atoms with E-state index in [2.05, 4.69) is 39.9 Å². The Hall–Kier alpha value is -2.28. The fourth-order valence-corrected chi connectivity index (χ4v) is 1.62. The number of hydrogen-bond acceptors (Lipinski definition) is 5. The zero-order valence-corrected chi connectivity index (χ0v) is 11.9. The molecule has 3 N–H and O–H groups in total. The summed E-state index contributed by atoms with van der Waals surface area (Å²) < 4.78 is 5.56. The van der Waals surface area contributed by atoms with Crippen LogP contribution in [-0.2, 0) is 6.42 Å². The third-order valence-electron chi connectivity index (χ3n) is 2.48. The van der Waals surface area contributed by atoms with Crippen LogP contribution >= 0.6 is 12.2 Å². The lowest BCUT2D eigenvalue weighted by Crippen LogP contribution is -2.23. The minimum Gasteiger partial charge on any atom is -0.421 e. The molecule has 0 fully saturated rings. The van der Waals surface area contributed by atoms with Crippen LogP contribution < -0.4 is 11.2 Å². The summed E-state index contributed by atoms with van der Waals surface area (Å²) in [5.41, 5.74) is 9.54. The lowest BCUT2D eigenvalue weighted by molar-refractivity contribution is 0.502. The summed E-state index contributed by atoms with van der Waals surface area (Å²) in [5, 5.41) is 12.0. The number of thiocarbonyl (C=S) groups is 1. The molecule has 0 aliphatic rings. The molecule has 0 aliphatic carbocycles. The van der Waals surface area contributed by atoms with Gasteiger partial charge in [-0.2, -0.15) is 5.10 Å². The van der Waals surface area contributed by atoms with Crippen molar-refractivity contribution in [3.8, 4) is 11.5 Å². The average Bonchev–Trinajstić information content (AvgIpc) is 2.88. The third kappa shape index (κ3) is 3.86. The summed E-state index contributed by atoms with van der Waals surface area (Å²) in [6.07, 6.45) is 3.40. The Bertz CT molecular complexity index is 605. The van der Waals surface area contributed by atoms with Crippen molar-refractivity contribution < 1.29 is 4.42 Å². The highest BCUT2D eigenvalue weighted by molar-refractivity contribution is 7.80. The van der Waals surface area contributed by atoms with Gasteiger partial charge in [-0.3, -0.25) is 5.43 Å². The Kier molecular flexibility index (Phi) is 4.78. The second-order valence-corrected chi connectivity index (χ2v) is 4.55. The van der Waals surface area contributed by atoms with Crippen molar-refractivity contribution in [3.05, 3.63) is 35.7 Å². The molecule has 0 unspecified atom stereocenters. The number of hydrogen-bond donors (Lipinski definition) is 2. The number of nitrogens with zero attached hydrogens (tertiary/aromatic N) is 3. The number of nitrogens with two attached hydrogens (primary N) is 1. The number of aromatic nitrogens is 2. The van der Waals surface area contributed by atoms with Crippen molar-refractivity contribution in [2.75, 3.05) is 0 Å². The van der Waals surface area contributed by atoms with Crippen LogP contribution in [0.3, 0.4) is 0 Å². The molecular formula is C13H15N5OS. The first-order chi connectivity index (χ1) is 9.69. The van der Waals surface area contributed by atoms with Crippen LogP contribution in [0.25, 0.3) is 11.5 Å². The van der Waals surface area contributed by atoms with Crippen LogP contribution in [0.2, 0.25) is 0 Å². The van der Waals surface area contributed by atoms with Crippen LogP contribution in [0.4, 0.5) is 0 Å². The van der Waals surface area contributed by atoms with Gasteiger partial charge in [-0.15, -0.1) is 10.2 Å². The van der Waals surface area contributed by atoms with Gasteiger partial charge in [0.05, 0.1) is 6.21 Å². The minimum atomic E-state index is 0.132. The van der Waals surface area contributed by atoms with E-state index in [0.717, 1.165) is 24.0 Å². The predicted molar refractivity (Wildman–Crippen MR) is 81.2 cm³/mol. The molecule has 1 heterocycles. The topological polar surface area (TPSA) is 89.3 Å². The van der Waals surface area contributed by atoms with E-state index in [1.165, 1.54) is 0 Å². The summed E-state index contributed by atoms with van der Waals surface area (Å²) in [7, 11) is 0. The number of hydrazone groups is 1. The van der Waals surface area contributed by atoms with Gasteiger partial charge in [0.25, 0.3) is 0 Å². The van der Waals surface area contributed by atoms with Crippen LogP contribution in [0.5, 0.6) is 0 Å². The van der Waals surface area contributed by atoms with Crippen molar-refractivity contribution >= 4 is 23.5 Å². The maximum Gasteiger partial charge on any atom is 0.247 e. The van der Waals surface area contributed by atoms with E-state index < -0.39 is 0 Å². The SMILES string of the molecule is CCCc1nnc(-c2ccc(C=NNC(N)=S)cc2)o1. The fraction of sp³-hybridized carbons (Fsp3) is 0.231. The van der Waals surface area contributed by atoms with Crippen molar-refractivity contribution in [1.29, 1.82) is 0 Å². The number of nitrogens with one attached hydrogen (secondary N) is 1. The molecule has 0 amide bonds. The van der Waals surface area contributed by atoms with E-state index in [1.807, 2.05) is 24.3 Å². The van der Waals surface area contributed by atoms with Gasteiger partial charge in [0.2, 0.25) is 11.8 Å². The number of rotatable bonds is 5. The summed E-state index contributed by atoms with van der Waals surface area (Å²) in [6, 6.07) is 7.57. The molecule has 1 aromatic heterocycles. The van der Waals surface area contributed by atoms with E-state index in [0.29, 0.717) is 11.8 Å². The smallest absolute Gasteiger partial charge is 0.247 e. The van der Waals surface area contributed by atoms with Gasteiger partial charge in [-0.1, -0.05) is 19.1 Å². The highest BCUT2D eigenvalue weighted by atomic mass is 32.1. The lowest BCUT2D eigenvalue weighted by atomic mass is 10.1. The molecule has 2 aromatic rings. The Labute approximate surface area is 122 Å². The van der Waals surface area contributed by atoms with Crippen LogP contribution in [0, 0.1) is 0 Å². The summed E-state index contributed by atoms with van der Waals surface area (Å²) in [5.74, 6) is 1.19. The van der Waals surface area contributed by atoms with Gasteiger partial charge in [0, 0.05) is 12.0 Å². The molecule has 0 saturated heterocycles. The van der Waals surface area contributed by atoms with Crippen molar-refractivity contribution in [1.82, 2.24) is 15.6 Å². The molecule has 20 heavy (non-hydrogen) atoms. The fourth-order valence-electron chi connectivity index (χ4n) is 1.57. The molecule has 2 rings (SSSR count). The van der Waals surface area contributed by atoms with E-state index in [4.69, 9.17) is 10.2 Å². The molecule has 6 nitrogen and oxygen atoms in total. The Balaban J connectivity index is 2.07. The van der Waals surface area contributed by atoms with Gasteiger partial charge in [0.15, 0.2) is 5.11 Å². The quantitative estimate of drug-likeness (QED) is 0.496. The lowest BCUT2D eigenvalue weighted by Gasteiger charge is -1.97. The molecule has 0 aliphatic heterocycles. The molecule has 0 radical (unpaired) electrons. The molecule has 104 valence electrons. The maximum atomic E-state index is 5.56. The maximum absolute atomic E-state index is 5.56. The zero-order chi connectivity index (χ0) is 14.4. The van der Waals surface area contributed by atoms with Crippen molar-refractivity contribution in [2.45, 2.75) is 19.8 Å². The summed E-state index contributed by atoms with van der Waals surface area (Å²) in [6.45, 7) is 2.07. The highest BCUT2D eigenvalue weighted by Gasteiger charge is 2.07. The molecule has 0 atom stereocenters. The minimum absolute atomic E-state index is 0.132. The number of benzene rings is 1. The Morgan fingerprint density at radius 3 is 2.80 bits per heavy atom. The predicted octanol–water partition coefficient (Wildman–Crippen LogP) is 1.86. The van der Waals surface area contributed by atoms with Gasteiger partial charge in [0.1, 0.15) is 0 Å². The monoisotopic (exact) mass is 289 g/mol. The molecule has 0 spiro atoms. The first kappa shape index (κ1) is 14.1. The van der Waals surface area contributed by atoms with Crippen molar-refractivity contribution in [3.63, 3.8) is 0 Å². The second-order valence-electron chi connectivity index (χ2n) is 4.11. The third-order valence-corrected chi connectivity index (χ3v) is 2.57. The van der Waals surface area contributed by atoms with Crippen molar-refractivity contribution in [2.24, 2.45) is 10.8 Å². The second kappa shape index (κ2) is 6.76. The van der Waals surface area contributed by atoms with Gasteiger partial charge in [-0.25, -0.2) is 0 Å². The number of aryl methyl sites for hydroxylation is 1. The Morgan fingerprint density at radius 2 is 2.15 bits per heavy atom. The zero-order valence-electron chi connectivity index (χ0n) is 11.0. The van der Waals surface area contributed by atoms with Gasteiger partial charge >= 0.3 is 0 Å². The molecule has 0 saturated carbocycles. The van der Waals surface area contributed by atoms with E-state index in [-0.39, 0.29) is 5.11 Å². The molecular weight excluding hydrogens is 274 g/mol. The van der Waals surface area contributed by atoms with E-state index in [1.54, 1.807) is 6.21 Å². The highest BCUT2D eigenvalue weighted by Crippen LogP contribution is 2.18. The Morgan fingerprint density at radius 1 is 1.40 bits per heavy atom. The summed E-state index contributed by atoms with van der Waals surface area (Å²) in [4.78, 5) is 0. The van der Waals surface area contributed by atoms with Gasteiger partial charge < -0.3 is 10.2 Å². The standard InChI is InChI=1S/C13H15N5OS/c1-2-3-11-16-17-12(19-11)10-6-4-9(5-7-10)8-15-18-13(14)20/h4-8H,2-3H2,1H3,(H3,14,18,20). The summed E-state index contributed by atoms with van der Waals surface area (Å²) >= 11 is 4.64. The van der Waals surface area contributed by atoms with E-state index in [9.17, 15) is 0 Å². The first-order valence-corrected chi connectivity index (χ1v) is 6.61. The molecule has 7 heteroatoms. The van der Waals surface area contributed by atoms with Crippen LogP contribution in [0.1, 0.15) is 24.8 Å². The van der Waals surface area contributed by atoms with Crippen LogP contribution in [0.15, 0.2) is 33.8 Å². The van der Waals surface area contributed by atoms with Crippen LogP contribution in [-0.4, -0.2) is 21.5 Å². The largest absolute Gasteiger partial charge is 0.421 e.